The first-order valence-corrected chi connectivity index (χ1v) is 4.00. The highest BCUT2D eigenvalue weighted by molar-refractivity contribution is 5.92. The molecule has 0 aliphatic rings. The van der Waals surface area contributed by atoms with Crippen molar-refractivity contribution in [3.63, 3.8) is 0 Å². The third-order valence-corrected chi connectivity index (χ3v) is 1.83. The van der Waals surface area contributed by atoms with Gasteiger partial charge < -0.3 is 9.52 Å². The zero-order valence-corrected chi connectivity index (χ0v) is 7.18. The van der Waals surface area contributed by atoms with Crippen LogP contribution in [0.5, 0.6) is 0 Å². The first-order chi connectivity index (χ1) is 6.79. The fraction of sp³-hybridized carbons (Fsp3) is 0. The molecule has 0 spiro atoms. The summed E-state index contributed by atoms with van der Waals surface area (Å²) < 4.78 is 4.85. The summed E-state index contributed by atoms with van der Waals surface area (Å²) in [5, 5.41) is 8.80. The molecule has 70 valence electrons. The quantitative estimate of drug-likeness (QED) is 0.785. The zero-order valence-electron chi connectivity index (χ0n) is 7.18. The van der Waals surface area contributed by atoms with Gasteiger partial charge >= 0.3 is 5.97 Å². The highest BCUT2D eigenvalue weighted by Gasteiger charge is 2.14. The molecule has 0 aromatic carbocycles. The van der Waals surface area contributed by atoms with E-state index in [1.807, 2.05) is 0 Å². The summed E-state index contributed by atoms with van der Waals surface area (Å²) in [6.45, 7) is 0. The molecular weight excluding hydrogens is 182 g/mol. The van der Waals surface area contributed by atoms with Crippen LogP contribution in [0.15, 0.2) is 41.3 Å². The summed E-state index contributed by atoms with van der Waals surface area (Å²) >= 11 is 0. The Balaban J connectivity index is 2.52. The number of carbonyl (C=O) groups is 1. The third kappa shape index (κ3) is 1.37. The van der Waals surface area contributed by atoms with Crippen molar-refractivity contribution >= 4 is 5.97 Å². The van der Waals surface area contributed by atoms with Crippen LogP contribution in [0.3, 0.4) is 0 Å². The number of carboxylic acids is 1. The van der Waals surface area contributed by atoms with Crippen molar-refractivity contribution in [2.45, 2.75) is 0 Å². The van der Waals surface area contributed by atoms with Gasteiger partial charge in [-0.15, -0.1) is 0 Å². The van der Waals surface area contributed by atoms with E-state index in [9.17, 15) is 4.79 Å². The van der Waals surface area contributed by atoms with Crippen LogP contribution < -0.4 is 0 Å². The molecule has 2 rings (SSSR count). The number of carboxylic acid groups (broad SMARTS) is 1. The SMILES string of the molecule is O=C(O)c1occc1-c1cccnc1. The lowest BCUT2D eigenvalue weighted by Gasteiger charge is -1.96. The molecule has 0 fully saturated rings. The summed E-state index contributed by atoms with van der Waals surface area (Å²) in [5.74, 6) is -1.13. The molecule has 2 aromatic rings. The number of rotatable bonds is 2. The second-order valence-corrected chi connectivity index (χ2v) is 2.71. The molecule has 0 aliphatic carbocycles. The number of furan rings is 1. The summed E-state index contributed by atoms with van der Waals surface area (Å²) in [5.41, 5.74) is 1.28. The monoisotopic (exact) mass is 189 g/mol. The maximum absolute atomic E-state index is 10.7. The van der Waals surface area contributed by atoms with Crippen molar-refractivity contribution in [3.8, 4) is 11.1 Å². The third-order valence-electron chi connectivity index (χ3n) is 1.83. The molecule has 2 heterocycles. The largest absolute Gasteiger partial charge is 0.475 e. The van der Waals surface area contributed by atoms with Crippen LogP contribution in [-0.2, 0) is 0 Å². The van der Waals surface area contributed by atoms with Crippen molar-refractivity contribution in [1.29, 1.82) is 0 Å². The molecule has 14 heavy (non-hydrogen) atoms. The van der Waals surface area contributed by atoms with Gasteiger partial charge in [0.05, 0.1) is 6.26 Å². The van der Waals surface area contributed by atoms with Gasteiger partial charge in [0.25, 0.3) is 0 Å². The maximum Gasteiger partial charge on any atom is 0.372 e. The second kappa shape index (κ2) is 3.33. The Bertz CT molecular complexity index is 447. The Hall–Kier alpha value is -2.10. The Kier molecular flexibility index (Phi) is 2.02. The highest BCUT2D eigenvalue weighted by atomic mass is 16.4. The molecular formula is C10H7NO3. The standard InChI is InChI=1S/C10H7NO3/c12-10(13)9-8(3-5-14-9)7-2-1-4-11-6-7/h1-6H,(H,12,13). The average molecular weight is 189 g/mol. The van der Waals surface area contributed by atoms with E-state index < -0.39 is 5.97 Å². The van der Waals surface area contributed by atoms with Gasteiger partial charge in [-0.05, 0) is 12.1 Å². The number of aromatic carboxylic acids is 1. The van der Waals surface area contributed by atoms with Crippen LogP contribution in [0.2, 0.25) is 0 Å². The van der Waals surface area contributed by atoms with Crippen LogP contribution in [0.1, 0.15) is 10.6 Å². The van der Waals surface area contributed by atoms with E-state index in [4.69, 9.17) is 9.52 Å². The van der Waals surface area contributed by atoms with Crippen LogP contribution >= 0.6 is 0 Å². The van der Waals surface area contributed by atoms with E-state index in [2.05, 4.69) is 4.98 Å². The Morgan fingerprint density at radius 2 is 2.29 bits per heavy atom. The molecule has 2 aromatic heterocycles. The van der Waals surface area contributed by atoms with E-state index in [0.29, 0.717) is 5.56 Å². The zero-order chi connectivity index (χ0) is 9.97. The van der Waals surface area contributed by atoms with Gasteiger partial charge in [0.1, 0.15) is 0 Å². The van der Waals surface area contributed by atoms with E-state index in [1.165, 1.54) is 6.26 Å². The van der Waals surface area contributed by atoms with Gasteiger partial charge in [-0.3, -0.25) is 4.98 Å². The summed E-state index contributed by atoms with van der Waals surface area (Å²) in [6, 6.07) is 5.14. The van der Waals surface area contributed by atoms with E-state index >= 15 is 0 Å². The summed E-state index contributed by atoms with van der Waals surface area (Å²) in [7, 11) is 0. The lowest BCUT2D eigenvalue weighted by atomic mass is 10.1. The Labute approximate surface area is 79.8 Å². The van der Waals surface area contributed by atoms with Gasteiger partial charge in [0.2, 0.25) is 5.76 Å². The lowest BCUT2D eigenvalue weighted by molar-refractivity contribution is 0.0663. The molecule has 0 amide bonds. The molecule has 0 unspecified atom stereocenters. The van der Waals surface area contributed by atoms with Crippen molar-refractivity contribution in [1.82, 2.24) is 4.98 Å². The van der Waals surface area contributed by atoms with Crippen molar-refractivity contribution in [2.75, 3.05) is 0 Å². The van der Waals surface area contributed by atoms with Crippen molar-refractivity contribution < 1.29 is 14.3 Å². The minimum Gasteiger partial charge on any atom is -0.475 e. The van der Waals surface area contributed by atoms with E-state index in [0.717, 1.165) is 5.56 Å². The molecule has 4 heteroatoms. The highest BCUT2D eigenvalue weighted by Crippen LogP contribution is 2.23. The Morgan fingerprint density at radius 3 is 2.93 bits per heavy atom. The minimum atomic E-state index is -1.08. The first kappa shape index (κ1) is 8.50. The van der Waals surface area contributed by atoms with E-state index in [-0.39, 0.29) is 5.76 Å². The molecule has 1 N–H and O–H groups in total. The first-order valence-electron chi connectivity index (χ1n) is 4.00. The number of aromatic nitrogens is 1. The smallest absolute Gasteiger partial charge is 0.372 e. The van der Waals surface area contributed by atoms with Crippen LogP contribution in [0.25, 0.3) is 11.1 Å². The van der Waals surface area contributed by atoms with Crippen LogP contribution in [0.4, 0.5) is 0 Å². The number of pyridine rings is 1. The predicted molar refractivity (Wildman–Crippen MR) is 48.9 cm³/mol. The van der Waals surface area contributed by atoms with Crippen LogP contribution in [-0.4, -0.2) is 16.1 Å². The molecule has 0 bridgehead atoms. The summed E-state index contributed by atoms with van der Waals surface area (Å²) in [6.07, 6.45) is 4.58. The second-order valence-electron chi connectivity index (χ2n) is 2.71. The van der Waals surface area contributed by atoms with Crippen molar-refractivity contribution in [3.05, 3.63) is 42.6 Å². The predicted octanol–water partition coefficient (Wildman–Crippen LogP) is 2.04. The number of nitrogens with zero attached hydrogens (tertiary/aromatic N) is 1. The summed E-state index contributed by atoms with van der Waals surface area (Å²) in [4.78, 5) is 14.6. The molecule has 0 saturated carbocycles. The topological polar surface area (TPSA) is 63.3 Å². The molecule has 0 aliphatic heterocycles. The molecule has 4 nitrogen and oxygen atoms in total. The van der Waals surface area contributed by atoms with Gasteiger partial charge in [0, 0.05) is 23.5 Å². The number of hydrogen-bond acceptors (Lipinski definition) is 3. The Morgan fingerprint density at radius 1 is 1.43 bits per heavy atom. The lowest BCUT2D eigenvalue weighted by Crippen LogP contribution is -1.95. The van der Waals surface area contributed by atoms with Gasteiger partial charge in [-0.1, -0.05) is 6.07 Å². The molecule has 0 saturated heterocycles. The molecule has 0 radical (unpaired) electrons. The molecule has 0 atom stereocenters. The minimum absolute atomic E-state index is 0.0574. The number of hydrogen-bond donors (Lipinski definition) is 1. The normalized spacial score (nSPS) is 10.0. The van der Waals surface area contributed by atoms with Gasteiger partial charge in [-0.25, -0.2) is 4.79 Å². The average Bonchev–Trinajstić information content (AvgIpc) is 2.67. The van der Waals surface area contributed by atoms with Gasteiger partial charge in [0.15, 0.2) is 0 Å². The van der Waals surface area contributed by atoms with E-state index in [1.54, 1.807) is 30.6 Å². The van der Waals surface area contributed by atoms with Gasteiger partial charge in [-0.2, -0.15) is 0 Å². The van der Waals surface area contributed by atoms with Crippen molar-refractivity contribution in [2.24, 2.45) is 0 Å². The fourth-order valence-electron chi connectivity index (χ4n) is 1.22. The van der Waals surface area contributed by atoms with Crippen LogP contribution in [0, 0.1) is 0 Å². The maximum atomic E-state index is 10.7. The fourth-order valence-corrected chi connectivity index (χ4v) is 1.22.